The van der Waals surface area contributed by atoms with Gasteiger partial charge in [0.05, 0.1) is 6.61 Å². The molecule has 0 aliphatic heterocycles. The first-order valence-corrected chi connectivity index (χ1v) is 3.46. The highest BCUT2D eigenvalue weighted by molar-refractivity contribution is 5.35. The van der Waals surface area contributed by atoms with Crippen LogP contribution in [0, 0.1) is 11.6 Å². The molecular weight excluding hydrogens is 166 g/mol. The van der Waals surface area contributed by atoms with Crippen LogP contribution >= 0.6 is 0 Å². The second-order valence-electron chi connectivity index (χ2n) is 2.14. The Morgan fingerprint density at radius 2 is 2.08 bits per heavy atom. The van der Waals surface area contributed by atoms with E-state index in [1.807, 2.05) is 0 Å². The summed E-state index contributed by atoms with van der Waals surface area (Å²) < 4.78 is 30.2. The molecule has 0 bridgehead atoms. The molecule has 0 fully saturated rings. The molecule has 12 heavy (non-hydrogen) atoms. The lowest BCUT2D eigenvalue weighted by Gasteiger charge is -2.05. The number of hydrogen-bond acceptors (Lipinski definition) is 2. The molecule has 0 radical (unpaired) electrons. The molecule has 1 N–H and O–H groups in total. The molecule has 2 nitrogen and oxygen atoms in total. The quantitative estimate of drug-likeness (QED) is 0.743. The zero-order chi connectivity index (χ0) is 9.14. The van der Waals surface area contributed by atoms with Crippen molar-refractivity contribution in [3.63, 3.8) is 0 Å². The summed E-state index contributed by atoms with van der Waals surface area (Å²) in [6.45, 7) is 1.75. The van der Waals surface area contributed by atoms with Crippen LogP contribution in [0.2, 0.25) is 0 Å². The van der Waals surface area contributed by atoms with Crippen molar-refractivity contribution in [3.8, 4) is 11.5 Å². The molecule has 0 unspecified atom stereocenters. The van der Waals surface area contributed by atoms with Crippen LogP contribution in [0.3, 0.4) is 0 Å². The zero-order valence-electron chi connectivity index (χ0n) is 6.47. The van der Waals surface area contributed by atoms with Crippen LogP contribution in [0.4, 0.5) is 8.78 Å². The maximum absolute atomic E-state index is 12.8. The normalized spacial score (nSPS) is 9.92. The maximum atomic E-state index is 12.8. The van der Waals surface area contributed by atoms with Gasteiger partial charge in [-0.1, -0.05) is 0 Å². The molecule has 1 aromatic carbocycles. The Morgan fingerprint density at radius 1 is 1.42 bits per heavy atom. The average molecular weight is 174 g/mol. The van der Waals surface area contributed by atoms with Crippen molar-refractivity contribution in [2.24, 2.45) is 0 Å². The average Bonchev–Trinajstić information content (AvgIpc) is 2.06. The largest absolute Gasteiger partial charge is 0.505 e. The Balaban J connectivity index is 3.14. The standard InChI is InChI=1S/C8H8F2O2/c1-2-12-8-5(9)3-4-6(11)7(8)10/h3-4,11H,2H2,1H3. The van der Waals surface area contributed by atoms with Crippen molar-refractivity contribution in [1.82, 2.24) is 0 Å². The monoisotopic (exact) mass is 174 g/mol. The van der Waals surface area contributed by atoms with E-state index in [0.29, 0.717) is 0 Å². The Hall–Kier alpha value is -1.32. The van der Waals surface area contributed by atoms with Crippen molar-refractivity contribution in [2.45, 2.75) is 6.92 Å². The highest BCUT2D eigenvalue weighted by Gasteiger charge is 2.13. The summed E-state index contributed by atoms with van der Waals surface area (Å²) in [6.07, 6.45) is 0. The SMILES string of the molecule is CCOc1c(F)ccc(O)c1F. The van der Waals surface area contributed by atoms with Crippen molar-refractivity contribution in [3.05, 3.63) is 23.8 Å². The Kier molecular flexibility index (Phi) is 2.47. The lowest BCUT2D eigenvalue weighted by molar-refractivity contribution is 0.294. The van der Waals surface area contributed by atoms with E-state index >= 15 is 0 Å². The van der Waals surface area contributed by atoms with Gasteiger partial charge in [0, 0.05) is 0 Å². The minimum absolute atomic E-state index is 0.150. The summed E-state index contributed by atoms with van der Waals surface area (Å²) in [5.41, 5.74) is 0. The predicted molar refractivity (Wildman–Crippen MR) is 39.2 cm³/mol. The van der Waals surface area contributed by atoms with E-state index in [0.717, 1.165) is 12.1 Å². The number of halogens is 2. The van der Waals surface area contributed by atoms with Crippen molar-refractivity contribution < 1.29 is 18.6 Å². The molecule has 0 saturated carbocycles. The molecule has 0 spiro atoms. The van der Waals surface area contributed by atoms with Gasteiger partial charge in [-0.15, -0.1) is 0 Å². The molecule has 0 saturated heterocycles. The van der Waals surface area contributed by atoms with Crippen LogP contribution in [0.1, 0.15) is 6.92 Å². The van der Waals surface area contributed by atoms with E-state index < -0.39 is 23.1 Å². The molecule has 0 aromatic heterocycles. The van der Waals surface area contributed by atoms with Crippen molar-refractivity contribution in [1.29, 1.82) is 0 Å². The summed E-state index contributed by atoms with van der Waals surface area (Å²) in [5, 5.41) is 8.83. The molecule has 1 rings (SSSR count). The van der Waals surface area contributed by atoms with Gasteiger partial charge >= 0.3 is 0 Å². The summed E-state index contributed by atoms with van der Waals surface area (Å²) in [5.74, 6) is -3.01. The van der Waals surface area contributed by atoms with E-state index in [1.165, 1.54) is 0 Å². The van der Waals surface area contributed by atoms with Gasteiger partial charge in [0.1, 0.15) is 0 Å². The van der Waals surface area contributed by atoms with Gasteiger partial charge in [-0.3, -0.25) is 0 Å². The molecule has 0 heterocycles. The molecule has 1 aromatic rings. The summed E-state index contributed by atoms with van der Waals surface area (Å²) in [6, 6.07) is 1.89. The van der Waals surface area contributed by atoms with Crippen LogP contribution in [0.5, 0.6) is 11.5 Å². The molecule has 0 amide bonds. The number of phenolic OH excluding ortho intramolecular Hbond substituents is 1. The minimum atomic E-state index is -1.06. The molecular formula is C8H8F2O2. The Morgan fingerprint density at radius 3 is 2.67 bits per heavy atom. The fraction of sp³-hybridized carbons (Fsp3) is 0.250. The molecule has 0 aliphatic rings. The van der Waals surface area contributed by atoms with Crippen LogP contribution in [-0.2, 0) is 0 Å². The van der Waals surface area contributed by atoms with Gasteiger partial charge < -0.3 is 9.84 Å². The number of benzene rings is 1. The smallest absolute Gasteiger partial charge is 0.209 e. The van der Waals surface area contributed by atoms with E-state index in [1.54, 1.807) is 6.92 Å². The topological polar surface area (TPSA) is 29.5 Å². The summed E-state index contributed by atoms with van der Waals surface area (Å²) in [7, 11) is 0. The van der Waals surface area contributed by atoms with E-state index in [4.69, 9.17) is 5.11 Å². The van der Waals surface area contributed by atoms with Crippen LogP contribution in [0.15, 0.2) is 12.1 Å². The number of hydrogen-bond donors (Lipinski definition) is 1. The first-order chi connectivity index (χ1) is 5.66. The van der Waals surface area contributed by atoms with E-state index in [-0.39, 0.29) is 6.61 Å². The number of phenols is 1. The van der Waals surface area contributed by atoms with Crippen LogP contribution in [-0.4, -0.2) is 11.7 Å². The highest BCUT2D eigenvalue weighted by atomic mass is 19.1. The van der Waals surface area contributed by atoms with Gasteiger partial charge in [-0.05, 0) is 19.1 Å². The zero-order valence-corrected chi connectivity index (χ0v) is 6.47. The first-order valence-electron chi connectivity index (χ1n) is 3.46. The molecule has 66 valence electrons. The van der Waals surface area contributed by atoms with Crippen molar-refractivity contribution in [2.75, 3.05) is 6.61 Å². The summed E-state index contributed by atoms with van der Waals surface area (Å²) in [4.78, 5) is 0. The lowest BCUT2D eigenvalue weighted by atomic mass is 10.3. The first kappa shape index (κ1) is 8.77. The van der Waals surface area contributed by atoms with Crippen molar-refractivity contribution >= 4 is 0 Å². The molecule has 0 aliphatic carbocycles. The third-order valence-electron chi connectivity index (χ3n) is 1.32. The second kappa shape index (κ2) is 3.38. The highest BCUT2D eigenvalue weighted by Crippen LogP contribution is 2.28. The molecule has 0 atom stereocenters. The van der Waals surface area contributed by atoms with Gasteiger partial charge in [0.25, 0.3) is 0 Å². The van der Waals surface area contributed by atoms with E-state index in [9.17, 15) is 8.78 Å². The van der Waals surface area contributed by atoms with E-state index in [2.05, 4.69) is 4.74 Å². The lowest BCUT2D eigenvalue weighted by Crippen LogP contribution is -1.97. The minimum Gasteiger partial charge on any atom is -0.505 e. The third kappa shape index (κ3) is 1.47. The second-order valence-corrected chi connectivity index (χ2v) is 2.14. The Bertz CT molecular complexity index is 287. The van der Waals surface area contributed by atoms with Gasteiger partial charge in [-0.25, -0.2) is 4.39 Å². The van der Waals surface area contributed by atoms with Gasteiger partial charge in [0.15, 0.2) is 17.3 Å². The van der Waals surface area contributed by atoms with Gasteiger partial charge in [-0.2, -0.15) is 4.39 Å². The fourth-order valence-electron chi connectivity index (χ4n) is 0.799. The third-order valence-corrected chi connectivity index (χ3v) is 1.32. The number of rotatable bonds is 2. The summed E-state index contributed by atoms with van der Waals surface area (Å²) >= 11 is 0. The fourth-order valence-corrected chi connectivity index (χ4v) is 0.799. The Labute approximate surface area is 68.4 Å². The molecule has 4 heteroatoms. The maximum Gasteiger partial charge on any atom is 0.209 e. The number of aromatic hydroxyl groups is 1. The predicted octanol–water partition coefficient (Wildman–Crippen LogP) is 2.07. The van der Waals surface area contributed by atoms with Gasteiger partial charge in [0.2, 0.25) is 5.82 Å². The van der Waals surface area contributed by atoms with Crippen LogP contribution < -0.4 is 4.74 Å². The number of ether oxygens (including phenoxy) is 1. The van der Waals surface area contributed by atoms with Crippen LogP contribution in [0.25, 0.3) is 0 Å².